The first kappa shape index (κ1) is 20.3. The van der Waals surface area contributed by atoms with Crippen LogP contribution in [0.4, 0.5) is 17.5 Å². The highest BCUT2D eigenvalue weighted by Gasteiger charge is 2.35. The summed E-state index contributed by atoms with van der Waals surface area (Å²) >= 11 is 12.2. The molecule has 0 unspecified atom stereocenters. The molecule has 31 heavy (non-hydrogen) atoms. The Labute approximate surface area is 191 Å². The number of likely N-dealkylation sites (tertiary alicyclic amines) is 1. The maximum Gasteiger partial charge on any atom is 0.229 e. The second-order valence-electron chi connectivity index (χ2n) is 8.21. The smallest absolute Gasteiger partial charge is 0.229 e. The first-order valence-corrected chi connectivity index (χ1v) is 11.4. The van der Waals surface area contributed by atoms with Crippen LogP contribution in [-0.4, -0.2) is 39.9 Å². The predicted octanol–water partition coefficient (Wildman–Crippen LogP) is 5.49. The van der Waals surface area contributed by atoms with Crippen molar-refractivity contribution in [1.82, 2.24) is 14.9 Å². The number of carbonyl (C=O) groups is 1. The number of nitrogens with zero attached hydrogens (tertiary/aromatic N) is 3. The number of aromatic nitrogens is 2. The molecule has 2 aliphatic rings. The Kier molecular flexibility index (Phi) is 5.59. The molecule has 2 N–H and O–H groups in total. The van der Waals surface area contributed by atoms with Gasteiger partial charge in [-0.25, -0.2) is 4.98 Å². The molecule has 1 aromatic heterocycles. The van der Waals surface area contributed by atoms with Gasteiger partial charge in [-0.1, -0.05) is 35.3 Å². The number of halogens is 2. The highest BCUT2D eigenvalue weighted by Crippen LogP contribution is 2.32. The van der Waals surface area contributed by atoms with Crippen LogP contribution in [0.1, 0.15) is 25.7 Å². The van der Waals surface area contributed by atoms with Gasteiger partial charge in [0.05, 0.1) is 5.52 Å². The fourth-order valence-corrected chi connectivity index (χ4v) is 4.55. The zero-order valence-corrected chi connectivity index (χ0v) is 18.5. The van der Waals surface area contributed by atoms with Gasteiger partial charge in [0.25, 0.3) is 0 Å². The summed E-state index contributed by atoms with van der Waals surface area (Å²) in [6, 6.07) is 13.4. The quantitative estimate of drug-likeness (QED) is 0.531. The normalized spacial score (nSPS) is 17.0. The third-order valence-corrected chi connectivity index (χ3v) is 6.23. The lowest BCUT2D eigenvalue weighted by Crippen LogP contribution is -2.43. The Morgan fingerprint density at radius 3 is 2.39 bits per heavy atom. The molecule has 3 aromatic rings. The van der Waals surface area contributed by atoms with E-state index in [0.29, 0.717) is 21.9 Å². The number of nitrogens with one attached hydrogen (secondary N) is 2. The molecule has 160 valence electrons. The Morgan fingerprint density at radius 1 is 0.968 bits per heavy atom. The molecule has 0 atom stereocenters. The highest BCUT2D eigenvalue weighted by molar-refractivity contribution is 6.35. The van der Waals surface area contributed by atoms with Gasteiger partial charge in [-0.3, -0.25) is 4.79 Å². The number of hydrogen-bond acceptors (Lipinski definition) is 5. The molecule has 6 nitrogen and oxygen atoms in total. The second-order valence-corrected chi connectivity index (χ2v) is 9.09. The minimum absolute atomic E-state index is 0.259. The second kappa shape index (κ2) is 8.52. The Hall–Kier alpha value is -2.57. The molecule has 5 rings (SSSR count). The van der Waals surface area contributed by atoms with E-state index in [1.165, 1.54) is 0 Å². The van der Waals surface area contributed by atoms with E-state index in [1.807, 2.05) is 29.2 Å². The van der Waals surface area contributed by atoms with Crippen molar-refractivity contribution in [2.45, 2.75) is 31.7 Å². The third kappa shape index (κ3) is 4.70. The van der Waals surface area contributed by atoms with Crippen molar-refractivity contribution in [2.75, 3.05) is 23.7 Å². The lowest BCUT2D eigenvalue weighted by Gasteiger charge is -2.33. The van der Waals surface area contributed by atoms with Gasteiger partial charge in [0.15, 0.2) is 0 Å². The van der Waals surface area contributed by atoms with Gasteiger partial charge in [-0.05, 0) is 56.0 Å². The first-order valence-electron chi connectivity index (χ1n) is 10.6. The van der Waals surface area contributed by atoms with Crippen molar-refractivity contribution in [1.29, 1.82) is 0 Å². The number of hydrogen-bond donors (Lipinski definition) is 2. The van der Waals surface area contributed by atoms with Gasteiger partial charge >= 0.3 is 0 Å². The monoisotopic (exact) mass is 455 g/mol. The molecule has 1 saturated heterocycles. The van der Waals surface area contributed by atoms with Crippen molar-refractivity contribution in [3.05, 3.63) is 52.5 Å². The van der Waals surface area contributed by atoms with Gasteiger partial charge in [-0.2, -0.15) is 4.98 Å². The van der Waals surface area contributed by atoms with Crippen molar-refractivity contribution >= 4 is 57.5 Å². The molecule has 1 aliphatic carbocycles. The van der Waals surface area contributed by atoms with Gasteiger partial charge in [0, 0.05) is 46.2 Å². The van der Waals surface area contributed by atoms with Crippen LogP contribution in [0.15, 0.2) is 42.5 Å². The zero-order chi connectivity index (χ0) is 21.4. The largest absolute Gasteiger partial charge is 0.367 e. The first-order chi connectivity index (χ1) is 15.0. The number of piperidine rings is 1. The van der Waals surface area contributed by atoms with Crippen LogP contribution in [0.5, 0.6) is 0 Å². The predicted molar refractivity (Wildman–Crippen MR) is 125 cm³/mol. The summed E-state index contributed by atoms with van der Waals surface area (Å²) in [5, 5.41) is 8.86. The third-order valence-electron chi connectivity index (χ3n) is 5.80. The molecule has 0 spiro atoms. The van der Waals surface area contributed by atoms with Gasteiger partial charge < -0.3 is 15.5 Å². The number of anilines is 3. The van der Waals surface area contributed by atoms with E-state index in [1.54, 1.807) is 18.2 Å². The summed E-state index contributed by atoms with van der Waals surface area (Å²) < 4.78 is 0. The Balaban J connectivity index is 1.35. The molecular weight excluding hydrogens is 433 g/mol. The summed E-state index contributed by atoms with van der Waals surface area (Å²) in [5.41, 5.74) is 1.57. The van der Waals surface area contributed by atoms with Crippen LogP contribution in [0, 0.1) is 5.92 Å². The molecule has 2 heterocycles. The molecule has 2 fully saturated rings. The van der Waals surface area contributed by atoms with E-state index < -0.39 is 0 Å². The number of amides is 1. The SMILES string of the molecule is O=C(C1CC1)N1CCC(Nc2nc(Nc3cc(Cl)cc(Cl)c3)nc3ccccc23)CC1. The van der Waals surface area contributed by atoms with Crippen LogP contribution in [0.25, 0.3) is 10.9 Å². The van der Waals surface area contributed by atoms with Crippen LogP contribution in [0.3, 0.4) is 0 Å². The standard InChI is InChI=1S/C23H23Cl2N5O/c24-15-11-16(25)13-18(12-15)27-23-28-20-4-2-1-3-19(20)21(29-23)26-17-7-9-30(10-8-17)22(31)14-5-6-14/h1-4,11-14,17H,5-10H2,(H2,26,27,28,29). The van der Waals surface area contributed by atoms with Gasteiger partial charge in [0.2, 0.25) is 11.9 Å². The van der Waals surface area contributed by atoms with Crippen LogP contribution < -0.4 is 10.6 Å². The molecule has 1 aliphatic heterocycles. The molecule has 1 saturated carbocycles. The molecule has 0 radical (unpaired) electrons. The van der Waals surface area contributed by atoms with Crippen molar-refractivity contribution in [3.8, 4) is 0 Å². The number of carbonyl (C=O) groups excluding carboxylic acids is 1. The van der Waals surface area contributed by atoms with E-state index in [9.17, 15) is 4.79 Å². The number of fused-ring (bicyclic) bond motifs is 1. The van der Waals surface area contributed by atoms with E-state index >= 15 is 0 Å². The zero-order valence-electron chi connectivity index (χ0n) is 16.9. The van der Waals surface area contributed by atoms with E-state index in [4.69, 9.17) is 28.2 Å². The number of benzene rings is 2. The Bertz CT molecular complexity index is 1110. The molecule has 1 amide bonds. The molecule has 0 bridgehead atoms. The average Bonchev–Trinajstić information content (AvgIpc) is 3.58. The summed E-state index contributed by atoms with van der Waals surface area (Å²) in [6.07, 6.45) is 3.92. The summed E-state index contributed by atoms with van der Waals surface area (Å²) in [7, 11) is 0. The summed E-state index contributed by atoms with van der Waals surface area (Å²) in [4.78, 5) is 23.7. The minimum atomic E-state index is 0.259. The lowest BCUT2D eigenvalue weighted by molar-refractivity contribution is -0.133. The van der Waals surface area contributed by atoms with Crippen LogP contribution in [-0.2, 0) is 4.79 Å². The van der Waals surface area contributed by atoms with Crippen molar-refractivity contribution in [3.63, 3.8) is 0 Å². The average molecular weight is 456 g/mol. The summed E-state index contributed by atoms with van der Waals surface area (Å²) in [6.45, 7) is 1.59. The van der Waals surface area contributed by atoms with Crippen molar-refractivity contribution in [2.24, 2.45) is 5.92 Å². The molecule has 2 aromatic carbocycles. The summed E-state index contributed by atoms with van der Waals surface area (Å²) in [5.74, 6) is 1.87. The molecular formula is C23H23Cl2N5O. The lowest BCUT2D eigenvalue weighted by atomic mass is 10.0. The van der Waals surface area contributed by atoms with Gasteiger partial charge in [-0.15, -0.1) is 0 Å². The van der Waals surface area contributed by atoms with Crippen molar-refractivity contribution < 1.29 is 4.79 Å². The van der Waals surface area contributed by atoms with Gasteiger partial charge in [0.1, 0.15) is 5.82 Å². The maximum absolute atomic E-state index is 12.3. The fourth-order valence-electron chi connectivity index (χ4n) is 4.02. The van der Waals surface area contributed by atoms with E-state index in [0.717, 1.165) is 61.2 Å². The maximum atomic E-state index is 12.3. The van der Waals surface area contributed by atoms with E-state index in [2.05, 4.69) is 15.6 Å². The number of para-hydroxylation sites is 1. The van der Waals surface area contributed by atoms with Crippen LogP contribution in [0.2, 0.25) is 10.0 Å². The molecule has 8 heteroatoms. The van der Waals surface area contributed by atoms with Crippen LogP contribution >= 0.6 is 23.2 Å². The Morgan fingerprint density at radius 2 is 1.68 bits per heavy atom. The topological polar surface area (TPSA) is 70.2 Å². The number of rotatable bonds is 5. The highest BCUT2D eigenvalue weighted by atomic mass is 35.5. The minimum Gasteiger partial charge on any atom is -0.367 e. The van der Waals surface area contributed by atoms with E-state index in [-0.39, 0.29) is 12.0 Å². The fraction of sp³-hybridized carbons (Fsp3) is 0.348.